The third-order valence-corrected chi connectivity index (χ3v) is 5.22. The van der Waals surface area contributed by atoms with Crippen LogP contribution in [0.25, 0.3) is 0 Å². The molecular weight excluding hydrogens is 358 g/mol. The van der Waals surface area contributed by atoms with E-state index in [0.717, 1.165) is 11.3 Å². The number of piperazine rings is 1. The standard InChI is InChI=1S/C21H27N3O4/c1-15(17-7-4-5-8-18(17)27-3)22-20(25)16(2)23-10-12-24(13-11-23)21(26)19-9-6-14-28-19/h4-9,14-16H,10-13H2,1-3H3,(H,22,25). The lowest BCUT2D eigenvalue weighted by Crippen LogP contribution is -2.55. The first kappa shape index (κ1) is 19.9. The summed E-state index contributed by atoms with van der Waals surface area (Å²) >= 11 is 0. The normalized spacial score (nSPS) is 17.0. The number of benzene rings is 1. The second kappa shape index (κ2) is 8.93. The zero-order valence-corrected chi connectivity index (χ0v) is 16.6. The van der Waals surface area contributed by atoms with Crippen molar-refractivity contribution in [1.29, 1.82) is 0 Å². The van der Waals surface area contributed by atoms with E-state index in [4.69, 9.17) is 9.15 Å². The van der Waals surface area contributed by atoms with Crippen molar-refractivity contribution in [2.24, 2.45) is 0 Å². The first-order valence-electron chi connectivity index (χ1n) is 9.51. The van der Waals surface area contributed by atoms with Crippen LogP contribution in [0.5, 0.6) is 5.75 Å². The van der Waals surface area contributed by atoms with Gasteiger partial charge in [-0.25, -0.2) is 0 Å². The average molecular weight is 385 g/mol. The Hall–Kier alpha value is -2.80. The van der Waals surface area contributed by atoms with Crippen LogP contribution in [0.3, 0.4) is 0 Å². The van der Waals surface area contributed by atoms with Crippen molar-refractivity contribution in [2.75, 3.05) is 33.3 Å². The highest BCUT2D eigenvalue weighted by Gasteiger charge is 2.29. The Morgan fingerprint density at radius 2 is 1.79 bits per heavy atom. The molecule has 2 aromatic rings. The molecule has 28 heavy (non-hydrogen) atoms. The highest BCUT2D eigenvalue weighted by Crippen LogP contribution is 2.24. The molecule has 1 aliphatic rings. The topological polar surface area (TPSA) is 75.0 Å². The zero-order valence-electron chi connectivity index (χ0n) is 16.6. The summed E-state index contributed by atoms with van der Waals surface area (Å²) in [4.78, 5) is 28.9. The van der Waals surface area contributed by atoms with Crippen LogP contribution in [0.15, 0.2) is 47.1 Å². The molecule has 3 rings (SSSR count). The number of furan rings is 1. The van der Waals surface area contributed by atoms with Gasteiger partial charge in [-0.15, -0.1) is 0 Å². The van der Waals surface area contributed by atoms with Crippen molar-refractivity contribution in [2.45, 2.75) is 25.9 Å². The highest BCUT2D eigenvalue weighted by molar-refractivity contribution is 5.91. The van der Waals surface area contributed by atoms with Crippen molar-refractivity contribution < 1.29 is 18.7 Å². The fourth-order valence-electron chi connectivity index (χ4n) is 3.47. The van der Waals surface area contributed by atoms with Crippen LogP contribution in [0.4, 0.5) is 0 Å². The Labute approximate surface area is 165 Å². The Morgan fingerprint density at radius 3 is 2.43 bits per heavy atom. The van der Waals surface area contributed by atoms with Gasteiger partial charge in [0.25, 0.3) is 5.91 Å². The van der Waals surface area contributed by atoms with Crippen molar-refractivity contribution >= 4 is 11.8 Å². The molecule has 1 aliphatic heterocycles. The van der Waals surface area contributed by atoms with E-state index in [9.17, 15) is 9.59 Å². The maximum atomic E-state index is 12.7. The molecule has 0 aliphatic carbocycles. The SMILES string of the molecule is COc1ccccc1C(C)NC(=O)C(C)N1CCN(C(=O)c2ccco2)CC1. The first-order valence-corrected chi connectivity index (χ1v) is 9.51. The molecule has 1 aromatic heterocycles. The molecule has 2 atom stereocenters. The number of ether oxygens (including phenoxy) is 1. The predicted octanol–water partition coefficient (Wildman–Crippen LogP) is 2.31. The number of amides is 2. The summed E-state index contributed by atoms with van der Waals surface area (Å²) in [7, 11) is 1.62. The number of nitrogens with zero attached hydrogens (tertiary/aromatic N) is 2. The molecule has 7 nitrogen and oxygen atoms in total. The minimum Gasteiger partial charge on any atom is -0.496 e. The van der Waals surface area contributed by atoms with Crippen LogP contribution in [-0.4, -0.2) is 60.9 Å². The third-order valence-electron chi connectivity index (χ3n) is 5.22. The monoisotopic (exact) mass is 385 g/mol. The van der Waals surface area contributed by atoms with Crippen LogP contribution in [0.2, 0.25) is 0 Å². The molecule has 7 heteroatoms. The van der Waals surface area contributed by atoms with Crippen molar-refractivity contribution in [3.63, 3.8) is 0 Å². The molecule has 2 heterocycles. The summed E-state index contributed by atoms with van der Waals surface area (Å²) in [5.41, 5.74) is 0.944. The molecular formula is C21H27N3O4. The third kappa shape index (κ3) is 4.36. The maximum Gasteiger partial charge on any atom is 0.289 e. The van der Waals surface area contributed by atoms with E-state index in [1.807, 2.05) is 38.1 Å². The quantitative estimate of drug-likeness (QED) is 0.826. The lowest BCUT2D eigenvalue weighted by Gasteiger charge is -2.37. The largest absolute Gasteiger partial charge is 0.496 e. The Balaban J connectivity index is 1.54. The first-order chi connectivity index (χ1) is 13.5. The summed E-state index contributed by atoms with van der Waals surface area (Å²) in [6, 6.07) is 10.6. The number of carbonyl (C=O) groups is 2. The number of rotatable bonds is 6. The highest BCUT2D eigenvalue weighted by atomic mass is 16.5. The van der Waals surface area contributed by atoms with Gasteiger partial charge < -0.3 is 19.4 Å². The van der Waals surface area contributed by atoms with Gasteiger partial charge in [0.1, 0.15) is 5.75 Å². The molecule has 2 amide bonds. The van der Waals surface area contributed by atoms with Gasteiger partial charge in [-0.3, -0.25) is 14.5 Å². The van der Waals surface area contributed by atoms with Crippen LogP contribution >= 0.6 is 0 Å². The van der Waals surface area contributed by atoms with E-state index in [-0.39, 0.29) is 23.9 Å². The van der Waals surface area contributed by atoms with Crippen LogP contribution in [0, 0.1) is 0 Å². The fraction of sp³-hybridized carbons (Fsp3) is 0.429. The van der Waals surface area contributed by atoms with E-state index in [1.165, 1.54) is 6.26 Å². The summed E-state index contributed by atoms with van der Waals surface area (Å²) < 4.78 is 10.6. The fourth-order valence-corrected chi connectivity index (χ4v) is 3.47. The van der Waals surface area contributed by atoms with E-state index in [2.05, 4.69) is 10.2 Å². The second-order valence-electron chi connectivity index (χ2n) is 6.95. The van der Waals surface area contributed by atoms with Gasteiger partial charge in [0.2, 0.25) is 5.91 Å². The van der Waals surface area contributed by atoms with Gasteiger partial charge in [-0.05, 0) is 32.0 Å². The summed E-state index contributed by atoms with van der Waals surface area (Å²) in [5.74, 6) is 0.966. The Morgan fingerprint density at radius 1 is 1.07 bits per heavy atom. The van der Waals surface area contributed by atoms with Crippen molar-refractivity contribution in [3.05, 3.63) is 54.0 Å². The van der Waals surface area contributed by atoms with Gasteiger partial charge in [-0.2, -0.15) is 0 Å². The summed E-state index contributed by atoms with van der Waals surface area (Å²) in [5, 5.41) is 3.07. The molecule has 0 bridgehead atoms. The molecule has 0 spiro atoms. The number of para-hydroxylation sites is 1. The minimum absolute atomic E-state index is 0.0378. The van der Waals surface area contributed by atoms with Gasteiger partial charge in [0.05, 0.1) is 25.5 Å². The molecule has 1 N–H and O–H groups in total. The van der Waals surface area contributed by atoms with Gasteiger partial charge >= 0.3 is 0 Å². The average Bonchev–Trinajstić information content (AvgIpc) is 3.27. The minimum atomic E-state index is -0.280. The Kier molecular flexibility index (Phi) is 6.36. The predicted molar refractivity (Wildman–Crippen MR) is 105 cm³/mol. The molecule has 1 aromatic carbocycles. The number of hydrogen-bond donors (Lipinski definition) is 1. The number of methoxy groups -OCH3 is 1. The zero-order chi connectivity index (χ0) is 20.1. The molecule has 0 radical (unpaired) electrons. The lowest BCUT2D eigenvalue weighted by atomic mass is 10.1. The molecule has 1 saturated heterocycles. The smallest absolute Gasteiger partial charge is 0.289 e. The van der Waals surface area contributed by atoms with E-state index in [0.29, 0.717) is 31.9 Å². The van der Waals surface area contributed by atoms with E-state index < -0.39 is 0 Å². The van der Waals surface area contributed by atoms with E-state index in [1.54, 1.807) is 24.1 Å². The van der Waals surface area contributed by atoms with Gasteiger partial charge in [0, 0.05) is 31.7 Å². The van der Waals surface area contributed by atoms with Gasteiger partial charge in [0.15, 0.2) is 5.76 Å². The van der Waals surface area contributed by atoms with Crippen LogP contribution in [0.1, 0.15) is 36.0 Å². The Bertz CT molecular complexity index is 798. The molecule has 0 saturated carbocycles. The van der Waals surface area contributed by atoms with Crippen LogP contribution in [-0.2, 0) is 4.79 Å². The number of nitrogens with one attached hydrogen (secondary N) is 1. The number of hydrogen-bond acceptors (Lipinski definition) is 5. The summed E-state index contributed by atoms with van der Waals surface area (Å²) in [6.07, 6.45) is 1.50. The van der Waals surface area contributed by atoms with Crippen molar-refractivity contribution in [1.82, 2.24) is 15.1 Å². The molecule has 1 fully saturated rings. The number of carbonyl (C=O) groups excluding carboxylic acids is 2. The molecule has 2 unspecified atom stereocenters. The summed E-state index contributed by atoms with van der Waals surface area (Å²) in [6.45, 7) is 6.27. The maximum absolute atomic E-state index is 12.7. The van der Waals surface area contributed by atoms with E-state index >= 15 is 0 Å². The molecule has 150 valence electrons. The second-order valence-corrected chi connectivity index (χ2v) is 6.95. The lowest BCUT2D eigenvalue weighted by molar-refractivity contribution is -0.127. The van der Waals surface area contributed by atoms with Crippen molar-refractivity contribution in [3.8, 4) is 5.75 Å². The van der Waals surface area contributed by atoms with Crippen LogP contribution < -0.4 is 10.1 Å². The van der Waals surface area contributed by atoms with Gasteiger partial charge in [-0.1, -0.05) is 18.2 Å².